The van der Waals surface area contributed by atoms with Crippen LogP contribution in [0.3, 0.4) is 0 Å². The minimum atomic E-state index is 0.212. The molecule has 23 heavy (non-hydrogen) atoms. The topological polar surface area (TPSA) is 37.6 Å². The average Bonchev–Trinajstić information content (AvgIpc) is 3.20. The van der Waals surface area contributed by atoms with E-state index in [-0.39, 0.29) is 6.10 Å². The Hall–Kier alpha value is -1.56. The number of nitrogens with zero attached hydrogens (tertiary/aromatic N) is 1. The Bertz CT molecular complexity index is 642. The van der Waals surface area contributed by atoms with Crippen molar-refractivity contribution in [2.45, 2.75) is 25.5 Å². The Labute approximate surface area is 146 Å². The number of furan rings is 1. The molecule has 4 nitrogen and oxygen atoms in total. The number of halogens is 1. The van der Waals surface area contributed by atoms with Crippen molar-refractivity contribution in [3.63, 3.8) is 0 Å². The number of hydrogen-bond acceptors (Lipinski definition) is 3. The molecule has 1 fully saturated rings. The van der Waals surface area contributed by atoms with Gasteiger partial charge in [0.05, 0.1) is 18.9 Å². The monoisotopic (exact) mass is 350 g/mol. The van der Waals surface area contributed by atoms with Crippen LogP contribution in [0.15, 0.2) is 47.1 Å². The standard InChI is InChI=1S/C17H19ClN2O2S/c18-13-4-1-5-14(10-13)19-17(23)20(11-15-6-2-8-21-15)12-16-7-3-9-22-16/h1-2,4-6,8,10,16H,3,7,9,11-12H2,(H,19,23). The third kappa shape index (κ3) is 4.70. The minimum absolute atomic E-state index is 0.212. The van der Waals surface area contributed by atoms with Crippen molar-refractivity contribution >= 4 is 34.6 Å². The molecule has 1 aromatic carbocycles. The van der Waals surface area contributed by atoms with E-state index in [0.29, 0.717) is 16.7 Å². The Morgan fingerprint density at radius 3 is 2.96 bits per heavy atom. The van der Waals surface area contributed by atoms with E-state index in [2.05, 4.69) is 10.2 Å². The molecule has 0 amide bonds. The summed E-state index contributed by atoms with van der Waals surface area (Å²) in [5, 5.41) is 4.56. The highest BCUT2D eigenvalue weighted by atomic mass is 35.5. The first-order valence-electron chi connectivity index (χ1n) is 7.66. The van der Waals surface area contributed by atoms with Crippen LogP contribution in [0, 0.1) is 0 Å². The van der Waals surface area contributed by atoms with Gasteiger partial charge in [-0.25, -0.2) is 0 Å². The maximum absolute atomic E-state index is 6.03. The number of benzene rings is 1. The van der Waals surface area contributed by atoms with Crippen LogP contribution in [0.25, 0.3) is 0 Å². The Balaban J connectivity index is 1.68. The van der Waals surface area contributed by atoms with Gasteiger partial charge in [0.25, 0.3) is 0 Å². The van der Waals surface area contributed by atoms with E-state index in [1.807, 2.05) is 36.4 Å². The summed E-state index contributed by atoms with van der Waals surface area (Å²) in [6.07, 6.45) is 4.05. The van der Waals surface area contributed by atoms with Crippen LogP contribution in [0.2, 0.25) is 5.02 Å². The predicted octanol–water partition coefficient (Wildman–Crippen LogP) is 4.31. The van der Waals surface area contributed by atoms with Gasteiger partial charge >= 0.3 is 0 Å². The van der Waals surface area contributed by atoms with Crippen LogP contribution in [-0.2, 0) is 11.3 Å². The van der Waals surface area contributed by atoms with Gasteiger partial charge in [-0.3, -0.25) is 0 Å². The number of hydrogen-bond donors (Lipinski definition) is 1. The van der Waals surface area contributed by atoms with Crippen molar-refractivity contribution in [3.05, 3.63) is 53.4 Å². The summed E-state index contributed by atoms with van der Waals surface area (Å²) >= 11 is 11.6. The lowest BCUT2D eigenvalue weighted by atomic mass is 10.2. The van der Waals surface area contributed by atoms with Crippen molar-refractivity contribution < 1.29 is 9.15 Å². The van der Waals surface area contributed by atoms with Gasteiger partial charge in [-0.05, 0) is 55.4 Å². The van der Waals surface area contributed by atoms with E-state index >= 15 is 0 Å². The van der Waals surface area contributed by atoms with Crippen molar-refractivity contribution in [3.8, 4) is 0 Å². The molecule has 1 saturated heterocycles. The van der Waals surface area contributed by atoms with Crippen molar-refractivity contribution in [1.82, 2.24) is 4.90 Å². The number of ether oxygens (including phenoxy) is 1. The number of nitrogens with one attached hydrogen (secondary N) is 1. The molecule has 3 rings (SSSR count). The molecule has 1 aliphatic heterocycles. The first-order chi connectivity index (χ1) is 11.2. The van der Waals surface area contributed by atoms with E-state index in [4.69, 9.17) is 33.0 Å². The second-order valence-electron chi connectivity index (χ2n) is 5.54. The van der Waals surface area contributed by atoms with Gasteiger partial charge in [0.2, 0.25) is 0 Å². The van der Waals surface area contributed by atoms with E-state index in [0.717, 1.165) is 37.4 Å². The molecular weight excluding hydrogens is 332 g/mol. The molecule has 0 spiro atoms. The van der Waals surface area contributed by atoms with E-state index < -0.39 is 0 Å². The third-order valence-electron chi connectivity index (χ3n) is 3.74. The molecule has 2 aromatic rings. The van der Waals surface area contributed by atoms with Crippen molar-refractivity contribution in [2.24, 2.45) is 0 Å². The number of rotatable bonds is 5. The molecule has 1 atom stereocenters. The predicted molar refractivity (Wildman–Crippen MR) is 95.8 cm³/mol. The normalized spacial score (nSPS) is 17.2. The summed E-state index contributed by atoms with van der Waals surface area (Å²) in [4.78, 5) is 2.07. The van der Waals surface area contributed by atoms with Gasteiger partial charge in [0.1, 0.15) is 5.76 Å². The van der Waals surface area contributed by atoms with Crippen LogP contribution in [0.5, 0.6) is 0 Å². The fraction of sp³-hybridized carbons (Fsp3) is 0.353. The number of anilines is 1. The zero-order chi connectivity index (χ0) is 16.1. The van der Waals surface area contributed by atoms with Gasteiger partial charge in [0.15, 0.2) is 5.11 Å². The fourth-order valence-corrected chi connectivity index (χ4v) is 3.06. The second-order valence-corrected chi connectivity index (χ2v) is 6.36. The first kappa shape index (κ1) is 16.3. The van der Waals surface area contributed by atoms with Crippen LogP contribution < -0.4 is 5.32 Å². The van der Waals surface area contributed by atoms with Crippen molar-refractivity contribution in [1.29, 1.82) is 0 Å². The Morgan fingerprint density at radius 2 is 2.26 bits per heavy atom. The lowest BCUT2D eigenvalue weighted by Gasteiger charge is -2.27. The number of thiocarbonyl (C=S) groups is 1. The van der Waals surface area contributed by atoms with E-state index in [1.54, 1.807) is 6.26 Å². The Kier molecular flexibility index (Phi) is 5.54. The van der Waals surface area contributed by atoms with Crippen LogP contribution in [0.1, 0.15) is 18.6 Å². The lowest BCUT2D eigenvalue weighted by molar-refractivity contribution is 0.0892. The maximum atomic E-state index is 6.03. The Morgan fingerprint density at radius 1 is 1.35 bits per heavy atom. The molecule has 122 valence electrons. The molecule has 0 aliphatic carbocycles. The smallest absolute Gasteiger partial charge is 0.173 e. The third-order valence-corrected chi connectivity index (χ3v) is 4.33. The highest BCUT2D eigenvalue weighted by Gasteiger charge is 2.21. The SMILES string of the molecule is S=C(Nc1cccc(Cl)c1)N(Cc1ccco1)CC1CCCO1. The van der Waals surface area contributed by atoms with Crippen LogP contribution in [0.4, 0.5) is 5.69 Å². The largest absolute Gasteiger partial charge is 0.467 e. The quantitative estimate of drug-likeness (QED) is 0.813. The molecule has 1 N–H and O–H groups in total. The first-order valence-corrected chi connectivity index (χ1v) is 8.45. The molecule has 0 bridgehead atoms. The van der Waals surface area contributed by atoms with Gasteiger partial charge in [0, 0.05) is 23.9 Å². The molecule has 0 saturated carbocycles. The molecule has 0 radical (unpaired) electrons. The molecule has 1 unspecified atom stereocenters. The zero-order valence-corrected chi connectivity index (χ0v) is 14.3. The summed E-state index contributed by atoms with van der Waals surface area (Å²) in [6.45, 7) is 2.18. The van der Waals surface area contributed by atoms with Gasteiger partial charge in [-0.1, -0.05) is 17.7 Å². The highest BCUT2D eigenvalue weighted by molar-refractivity contribution is 7.80. The average molecular weight is 351 g/mol. The summed E-state index contributed by atoms with van der Waals surface area (Å²) < 4.78 is 11.2. The fourth-order valence-electron chi connectivity index (χ4n) is 2.61. The van der Waals surface area contributed by atoms with Crippen LogP contribution in [-0.4, -0.2) is 29.3 Å². The molecule has 1 aromatic heterocycles. The van der Waals surface area contributed by atoms with Gasteiger partial charge in [-0.2, -0.15) is 0 Å². The maximum Gasteiger partial charge on any atom is 0.173 e. The van der Waals surface area contributed by atoms with Crippen LogP contribution >= 0.6 is 23.8 Å². The summed E-state index contributed by atoms with van der Waals surface area (Å²) in [5.74, 6) is 0.873. The molecule has 1 aliphatic rings. The van der Waals surface area contributed by atoms with E-state index in [1.165, 1.54) is 0 Å². The minimum Gasteiger partial charge on any atom is -0.467 e. The highest BCUT2D eigenvalue weighted by Crippen LogP contribution is 2.19. The summed E-state index contributed by atoms with van der Waals surface area (Å²) in [5.41, 5.74) is 0.874. The van der Waals surface area contributed by atoms with Gasteiger partial charge in [-0.15, -0.1) is 0 Å². The molecular formula is C17H19ClN2O2S. The van der Waals surface area contributed by atoms with Crippen molar-refractivity contribution in [2.75, 3.05) is 18.5 Å². The summed E-state index contributed by atoms with van der Waals surface area (Å²) in [6, 6.07) is 11.4. The van der Waals surface area contributed by atoms with E-state index in [9.17, 15) is 0 Å². The molecule has 6 heteroatoms. The molecule has 2 heterocycles. The van der Waals surface area contributed by atoms with Gasteiger partial charge < -0.3 is 19.4 Å². The second kappa shape index (κ2) is 7.81. The lowest BCUT2D eigenvalue weighted by Crippen LogP contribution is -2.39. The zero-order valence-electron chi connectivity index (χ0n) is 12.7. The summed E-state index contributed by atoms with van der Waals surface area (Å²) in [7, 11) is 0.